The van der Waals surface area contributed by atoms with Crippen molar-refractivity contribution in [3.63, 3.8) is 0 Å². The van der Waals surface area contributed by atoms with Gasteiger partial charge in [-0.2, -0.15) is 0 Å². The van der Waals surface area contributed by atoms with Crippen LogP contribution in [0.15, 0.2) is 0 Å². The summed E-state index contributed by atoms with van der Waals surface area (Å²) in [5.41, 5.74) is 1.82. The molecule has 0 nitrogen and oxygen atoms in total. The van der Waals surface area contributed by atoms with Gasteiger partial charge in [0.1, 0.15) is 0 Å². The van der Waals surface area contributed by atoms with Gasteiger partial charge in [0.15, 0.2) is 0 Å². The van der Waals surface area contributed by atoms with Crippen molar-refractivity contribution in [2.24, 2.45) is 28.6 Å². The van der Waals surface area contributed by atoms with E-state index in [1.54, 1.807) is 38.5 Å². The summed E-state index contributed by atoms with van der Waals surface area (Å²) in [6.45, 7) is 2.52. The summed E-state index contributed by atoms with van der Waals surface area (Å²) in [6.07, 6.45) is 9.73. The SMILES string of the molecule is CC1CC23CC4CC(C2)CC13C4. The molecule has 5 fully saturated rings. The van der Waals surface area contributed by atoms with Crippen molar-refractivity contribution in [1.29, 1.82) is 0 Å². The summed E-state index contributed by atoms with van der Waals surface area (Å²) in [6, 6.07) is 0. The van der Waals surface area contributed by atoms with Crippen LogP contribution in [0.25, 0.3) is 0 Å². The fourth-order valence-electron chi connectivity index (χ4n) is 6.04. The highest BCUT2D eigenvalue weighted by Gasteiger charge is 2.73. The summed E-state index contributed by atoms with van der Waals surface area (Å²) < 4.78 is 0. The molecule has 5 aliphatic rings. The van der Waals surface area contributed by atoms with Crippen molar-refractivity contribution in [2.75, 3.05) is 0 Å². The molecule has 2 spiro atoms. The average molecular weight is 162 g/mol. The second-order valence-electron chi connectivity index (χ2n) is 6.33. The minimum absolute atomic E-state index is 0.903. The van der Waals surface area contributed by atoms with Gasteiger partial charge in [-0.05, 0) is 67.1 Å². The van der Waals surface area contributed by atoms with E-state index in [1.165, 1.54) is 11.8 Å². The van der Waals surface area contributed by atoms with E-state index < -0.39 is 0 Å². The molecule has 0 aliphatic heterocycles. The first kappa shape index (κ1) is 6.45. The molecule has 0 aromatic carbocycles. The van der Waals surface area contributed by atoms with Gasteiger partial charge in [0.2, 0.25) is 0 Å². The molecule has 5 aliphatic carbocycles. The summed E-state index contributed by atoms with van der Waals surface area (Å²) in [5.74, 6) is 3.43. The van der Waals surface area contributed by atoms with Gasteiger partial charge >= 0.3 is 0 Å². The lowest BCUT2D eigenvalue weighted by atomic mass is 9.47. The van der Waals surface area contributed by atoms with Crippen LogP contribution in [-0.2, 0) is 0 Å². The highest BCUT2D eigenvalue weighted by Crippen LogP contribution is 2.82. The van der Waals surface area contributed by atoms with E-state index in [0.717, 1.165) is 16.7 Å². The molecule has 0 amide bonds. The van der Waals surface area contributed by atoms with Crippen LogP contribution >= 0.6 is 0 Å². The Labute approximate surface area is 74.7 Å². The summed E-state index contributed by atoms with van der Waals surface area (Å²) in [5, 5.41) is 0. The third-order valence-corrected chi connectivity index (χ3v) is 6.03. The molecule has 3 atom stereocenters. The first-order valence-corrected chi connectivity index (χ1v) is 5.74. The van der Waals surface area contributed by atoms with Crippen LogP contribution in [-0.4, -0.2) is 0 Å². The van der Waals surface area contributed by atoms with E-state index in [2.05, 4.69) is 6.92 Å². The second kappa shape index (κ2) is 1.51. The van der Waals surface area contributed by atoms with Gasteiger partial charge in [0.25, 0.3) is 0 Å². The third kappa shape index (κ3) is 0.418. The molecule has 0 heterocycles. The molecule has 0 heteroatoms. The van der Waals surface area contributed by atoms with E-state index in [4.69, 9.17) is 0 Å². The van der Waals surface area contributed by atoms with Crippen molar-refractivity contribution >= 4 is 0 Å². The fraction of sp³-hybridized carbons (Fsp3) is 1.00. The standard InChI is InChI=1S/C12H18/c1-8-3-11-4-9-2-10(5-11)7-12(8,11)6-9/h8-10H,2-7H2,1H3. The van der Waals surface area contributed by atoms with E-state index >= 15 is 0 Å². The highest BCUT2D eigenvalue weighted by molar-refractivity contribution is 5.23. The van der Waals surface area contributed by atoms with E-state index in [-0.39, 0.29) is 0 Å². The Hall–Kier alpha value is 0. The molecule has 3 unspecified atom stereocenters. The van der Waals surface area contributed by atoms with Gasteiger partial charge in [0, 0.05) is 0 Å². The maximum Gasteiger partial charge on any atom is -0.0210 e. The Morgan fingerprint density at radius 1 is 0.917 bits per heavy atom. The van der Waals surface area contributed by atoms with E-state index in [9.17, 15) is 0 Å². The summed E-state index contributed by atoms with van der Waals surface area (Å²) in [7, 11) is 0. The minimum Gasteiger partial charge on any atom is -0.0619 e. The number of hydrogen-bond acceptors (Lipinski definition) is 0. The van der Waals surface area contributed by atoms with Gasteiger partial charge in [-0.1, -0.05) is 6.92 Å². The van der Waals surface area contributed by atoms with Crippen LogP contribution in [0.5, 0.6) is 0 Å². The second-order valence-corrected chi connectivity index (χ2v) is 6.33. The van der Waals surface area contributed by atoms with Gasteiger partial charge in [-0.3, -0.25) is 0 Å². The largest absolute Gasteiger partial charge is 0.0619 e. The van der Waals surface area contributed by atoms with Crippen LogP contribution in [0, 0.1) is 28.6 Å². The Kier molecular flexibility index (Phi) is 0.811. The smallest absolute Gasteiger partial charge is 0.0210 e. The molecule has 12 heavy (non-hydrogen) atoms. The molecule has 5 saturated carbocycles. The summed E-state index contributed by atoms with van der Waals surface area (Å²) in [4.78, 5) is 0. The first-order chi connectivity index (χ1) is 5.74. The highest BCUT2D eigenvalue weighted by atomic mass is 14.8. The maximum atomic E-state index is 2.52. The van der Waals surface area contributed by atoms with Crippen molar-refractivity contribution in [2.45, 2.75) is 45.4 Å². The van der Waals surface area contributed by atoms with Crippen LogP contribution < -0.4 is 0 Å². The lowest BCUT2D eigenvalue weighted by Gasteiger charge is -2.57. The quantitative estimate of drug-likeness (QED) is 0.513. The van der Waals surface area contributed by atoms with Crippen molar-refractivity contribution in [1.82, 2.24) is 0 Å². The third-order valence-electron chi connectivity index (χ3n) is 6.03. The Morgan fingerprint density at radius 3 is 2.08 bits per heavy atom. The average Bonchev–Trinajstić information content (AvgIpc) is 2.27. The zero-order valence-corrected chi connectivity index (χ0v) is 7.97. The Bertz CT molecular complexity index is 239. The molecular weight excluding hydrogens is 144 g/mol. The van der Waals surface area contributed by atoms with E-state index in [0.29, 0.717) is 0 Å². The van der Waals surface area contributed by atoms with Crippen molar-refractivity contribution in [3.8, 4) is 0 Å². The molecule has 66 valence electrons. The predicted molar refractivity (Wildman–Crippen MR) is 48.7 cm³/mol. The number of hydrogen-bond donors (Lipinski definition) is 0. The van der Waals surface area contributed by atoms with Gasteiger partial charge in [0.05, 0.1) is 0 Å². The molecule has 5 rings (SSSR count). The van der Waals surface area contributed by atoms with Crippen LogP contribution in [0.1, 0.15) is 45.4 Å². The van der Waals surface area contributed by atoms with Crippen LogP contribution in [0.3, 0.4) is 0 Å². The lowest BCUT2D eigenvalue weighted by molar-refractivity contribution is -0.0835. The molecular formula is C12H18. The Morgan fingerprint density at radius 2 is 1.58 bits per heavy atom. The van der Waals surface area contributed by atoms with Crippen LogP contribution in [0.4, 0.5) is 0 Å². The predicted octanol–water partition coefficient (Wildman–Crippen LogP) is 3.22. The molecule has 0 aromatic rings. The first-order valence-electron chi connectivity index (χ1n) is 5.74. The van der Waals surface area contributed by atoms with Crippen molar-refractivity contribution < 1.29 is 0 Å². The monoisotopic (exact) mass is 162 g/mol. The molecule has 4 bridgehead atoms. The molecule has 0 saturated heterocycles. The lowest BCUT2D eigenvalue weighted by Crippen LogP contribution is -2.49. The Balaban J connectivity index is 1.90. The molecule has 0 aromatic heterocycles. The maximum absolute atomic E-state index is 2.52. The van der Waals surface area contributed by atoms with Gasteiger partial charge in [-0.15, -0.1) is 0 Å². The summed E-state index contributed by atoms with van der Waals surface area (Å²) >= 11 is 0. The number of rotatable bonds is 0. The topological polar surface area (TPSA) is 0 Å². The fourth-order valence-corrected chi connectivity index (χ4v) is 6.04. The minimum atomic E-state index is 0.903. The molecule has 0 N–H and O–H groups in total. The van der Waals surface area contributed by atoms with Crippen LogP contribution in [0.2, 0.25) is 0 Å². The van der Waals surface area contributed by atoms with Crippen molar-refractivity contribution in [3.05, 3.63) is 0 Å². The van der Waals surface area contributed by atoms with Gasteiger partial charge in [-0.25, -0.2) is 0 Å². The zero-order chi connectivity index (χ0) is 7.97. The van der Waals surface area contributed by atoms with Gasteiger partial charge < -0.3 is 0 Å². The van der Waals surface area contributed by atoms with E-state index in [1.807, 2.05) is 0 Å². The normalized spacial score (nSPS) is 71.2. The zero-order valence-electron chi connectivity index (χ0n) is 7.97. The molecule has 0 radical (unpaired) electrons.